The molecule has 1 N–H and O–H groups in total. The van der Waals surface area contributed by atoms with Crippen molar-refractivity contribution in [2.75, 3.05) is 0 Å². The van der Waals surface area contributed by atoms with E-state index in [-0.39, 0.29) is 11.8 Å². The van der Waals surface area contributed by atoms with E-state index in [1.54, 1.807) is 0 Å². The second-order valence-electron chi connectivity index (χ2n) is 6.86. The fourth-order valence-electron chi connectivity index (χ4n) is 3.30. The van der Waals surface area contributed by atoms with Crippen LogP contribution in [-0.4, -0.2) is 15.5 Å². The highest BCUT2D eigenvalue weighted by atomic mass is 16.1. The Balaban J connectivity index is 1.57. The molecule has 0 saturated heterocycles. The zero-order valence-electron chi connectivity index (χ0n) is 14.0. The van der Waals surface area contributed by atoms with E-state index in [4.69, 9.17) is 0 Å². The minimum Gasteiger partial charge on any atom is -0.350 e. The topological polar surface area (TPSA) is 46.9 Å². The van der Waals surface area contributed by atoms with Gasteiger partial charge >= 0.3 is 0 Å². The third-order valence-electron chi connectivity index (χ3n) is 4.52. The van der Waals surface area contributed by atoms with Crippen molar-refractivity contribution in [1.82, 2.24) is 14.9 Å². The first-order valence-electron chi connectivity index (χ1n) is 8.47. The predicted molar refractivity (Wildman–Crippen MR) is 90.9 cm³/mol. The van der Waals surface area contributed by atoms with Crippen LogP contribution in [0.5, 0.6) is 0 Å². The number of hydrogen-bond acceptors (Lipinski definition) is 2. The number of carbonyl (C=O) groups excluding carboxylic acids is 1. The number of aryl methyl sites for hydroxylation is 1. The van der Waals surface area contributed by atoms with Crippen molar-refractivity contribution in [3.8, 4) is 0 Å². The quantitative estimate of drug-likeness (QED) is 0.923. The third kappa shape index (κ3) is 3.81. The number of rotatable bonds is 5. The lowest BCUT2D eigenvalue weighted by Crippen LogP contribution is -2.34. The van der Waals surface area contributed by atoms with E-state index < -0.39 is 0 Å². The third-order valence-corrected chi connectivity index (χ3v) is 4.52. The largest absolute Gasteiger partial charge is 0.350 e. The minimum absolute atomic E-state index is 0.0892. The Hall–Kier alpha value is -2.10. The lowest BCUT2D eigenvalue weighted by molar-refractivity contribution is -0.125. The number of carbonyl (C=O) groups is 1. The molecule has 1 aliphatic carbocycles. The summed E-state index contributed by atoms with van der Waals surface area (Å²) >= 11 is 0. The Morgan fingerprint density at radius 1 is 1.35 bits per heavy atom. The van der Waals surface area contributed by atoms with Crippen LogP contribution in [0.25, 0.3) is 0 Å². The van der Waals surface area contributed by atoms with E-state index >= 15 is 0 Å². The van der Waals surface area contributed by atoms with Gasteiger partial charge in [-0.05, 0) is 36.3 Å². The average Bonchev–Trinajstić information content (AvgIpc) is 2.98. The molecule has 23 heavy (non-hydrogen) atoms. The zero-order chi connectivity index (χ0) is 16.2. The molecule has 0 fully saturated rings. The van der Waals surface area contributed by atoms with Crippen LogP contribution in [0.4, 0.5) is 0 Å². The van der Waals surface area contributed by atoms with Crippen molar-refractivity contribution in [2.24, 2.45) is 11.8 Å². The van der Waals surface area contributed by atoms with Gasteiger partial charge in [0.25, 0.3) is 0 Å². The highest BCUT2D eigenvalue weighted by molar-refractivity contribution is 5.79. The normalized spacial score (nSPS) is 17.1. The summed E-state index contributed by atoms with van der Waals surface area (Å²) in [6.45, 7) is 5.86. The molecule has 122 valence electrons. The molecule has 0 saturated carbocycles. The first kappa shape index (κ1) is 15.8. The van der Waals surface area contributed by atoms with Crippen LogP contribution in [0.1, 0.15) is 37.1 Å². The van der Waals surface area contributed by atoms with Gasteiger partial charge in [0.2, 0.25) is 5.91 Å². The van der Waals surface area contributed by atoms with Gasteiger partial charge in [-0.3, -0.25) is 4.79 Å². The summed E-state index contributed by atoms with van der Waals surface area (Å²) in [6, 6.07) is 8.46. The summed E-state index contributed by atoms with van der Waals surface area (Å²) in [6.07, 6.45) is 6.48. The van der Waals surface area contributed by atoms with Gasteiger partial charge in [0.1, 0.15) is 0 Å². The molecular weight excluding hydrogens is 286 g/mol. The monoisotopic (exact) mass is 311 g/mol. The Morgan fingerprint density at radius 2 is 2.13 bits per heavy atom. The molecule has 0 unspecified atom stereocenters. The molecule has 1 heterocycles. The maximum Gasteiger partial charge on any atom is 0.223 e. The molecule has 0 radical (unpaired) electrons. The van der Waals surface area contributed by atoms with Crippen molar-refractivity contribution >= 4 is 5.91 Å². The van der Waals surface area contributed by atoms with E-state index in [0.717, 1.165) is 31.5 Å². The highest BCUT2D eigenvalue weighted by Crippen LogP contribution is 2.25. The number of hydrogen-bond donors (Lipinski definition) is 1. The fraction of sp³-hybridized carbons (Fsp3) is 0.474. The minimum atomic E-state index is 0.0892. The van der Waals surface area contributed by atoms with Crippen LogP contribution in [0.3, 0.4) is 0 Å². The van der Waals surface area contributed by atoms with Gasteiger partial charge in [0.15, 0.2) is 0 Å². The van der Waals surface area contributed by atoms with Crippen molar-refractivity contribution in [1.29, 1.82) is 0 Å². The van der Waals surface area contributed by atoms with Crippen LogP contribution in [0.2, 0.25) is 0 Å². The summed E-state index contributed by atoms with van der Waals surface area (Å²) in [7, 11) is 0. The van der Waals surface area contributed by atoms with Crippen molar-refractivity contribution < 1.29 is 4.79 Å². The molecule has 3 rings (SSSR count). The van der Waals surface area contributed by atoms with Crippen molar-refractivity contribution in [3.63, 3.8) is 0 Å². The van der Waals surface area contributed by atoms with E-state index in [1.807, 2.05) is 12.5 Å². The number of imidazole rings is 1. The molecule has 0 aliphatic heterocycles. The molecular formula is C19H25N3O. The molecule has 1 aromatic heterocycles. The molecule has 4 heteroatoms. The van der Waals surface area contributed by atoms with Gasteiger partial charge in [-0.15, -0.1) is 0 Å². The number of amides is 1. The Bertz CT molecular complexity index is 675. The lowest BCUT2D eigenvalue weighted by Gasteiger charge is -2.24. The van der Waals surface area contributed by atoms with Gasteiger partial charge in [0, 0.05) is 18.7 Å². The SMILES string of the molecule is CC(C)Cn1cncc1CNC(=O)[C@H]1CCc2ccccc2C1. The molecule has 1 amide bonds. The Labute approximate surface area is 137 Å². The van der Waals surface area contributed by atoms with E-state index in [1.165, 1.54) is 11.1 Å². The van der Waals surface area contributed by atoms with Gasteiger partial charge in [0.05, 0.1) is 18.6 Å². The fourth-order valence-corrected chi connectivity index (χ4v) is 3.30. The number of nitrogens with zero attached hydrogens (tertiary/aromatic N) is 2. The number of nitrogens with one attached hydrogen (secondary N) is 1. The van der Waals surface area contributed by atoms with Crippen LogP contribution < -0.4 is 5.32 Å². The van der Waals surface area contributed by atoms with Crippen LogP contribution >= 0.6 is 0 Å². The number of aromatic nitrogens is 2. The molecule has 1 aliphatic rings. The zero-order valence-corrected chi connectivity index (χ0v) is 14.0. The van der Waals surface area contributed by atoms with Crippen LogP contribution in [0.15, 0.2) is 36.8 Å². The Morgan fingerprint density at radius 3 is 2.91 bits per heavy atom. The number of benzene rings is 1. The molecule has 2 aromatic rings. The maximum atomic E-state index is 12.5. The highest BCUT2D eigenvalue weighted by Gasteiger charge is 2.24. The van der Waals surface area contributed by atoms with Crippen molar-refractivity contribution in [3.05, 3.63) is 53.6 Å². The van der Waals surface area contributed by atoms with E-state index in [0.29, 0.717) is 12.5 Å². The lowest BCUT2D eigenvalue weighted by atomic mass is 9.83. The van der Waals surface area contributed by atoms with Crippen LogP contribution in [0, 0.1) is 11.8 Å². The molecule has 0 spiro atoms. The molecule has 1 atom stereocenters. The standard InChI is InChI=1S/C19H25N3O/c1-14(2)12-22-13-20-10-18(22)11-21-19(23)17-8-7-15-5-3-4-6-16(15)9-17/h3-6,10,13-14,17H,7-9,11-12H2,1-2H3,(H,21,23)/t17-/m0/s1. The predicted octanol–water partition coefficient (Wildman–Crippen LogP) is 2.96. The van der Waals surface area contributed by atoms with Crippen LogP contribution in [-0.2, 0) is 30.7 Å². The smallest absolute Gasteiger partial charge is 0.223 e. The van der Waals surface area contributed by atoms with E-state index in [2.05, 4.69) is 53.0 Å². The molecule has 4 nitrogen and oxygen atoms in total. The number of fused-ring (bicyclic) bond motifs is 1. The van der Waals surface area contributed by atoms with Gasteiger partial charge in [-0.25, -0.2) is 4.98 Å². The summed E-state index contributed by atoms with van der Waals surface area (Å²) in [4.78, 5) is 16.7. The summed E-state index contributed by atoms with van der Waals surface area (Å²) in [5.41, 5.74) is 3.79. The molecule has 0 bridgehead atoms. The van der Waals surface area contributed by atoms with E-state index in [9.17, 15) is 4.79 Å². The summed E-state index contributed by atoms with van der Waals surface area (Å²) in [5, 5.41) is 3.10. The summed E-state index contributed by atoms with van der Waals surface area (Å²) in [5.74, 6) is 0.816. The first-order valence-corrected chi connectivity index (χ1v) is 8.47. The Kier molecular flexibility index (Phi) is 4.79. The first-order chi connectivity index (χ1) is 11.1. The second-order valence-corrected chi connectivity index (χ2v) is 6.86. The maximum absolute atomic E-state index is 12.5. The average molecular weight is 311 g/mol. The van der Waals surface area contributed by atoms with Gasteiger partial charge < -0.3 is 9.88 Å². The van der Waals surface area contributed by atoms with Crippen molar-refractivity contribution in [2.45, 2.75) is 46.2 Å². The van der Waals surface area contributed by atoms with Gasteiger partial charge in [-0.1, -0.05) is 38.1 Å². The summed E-state index contributed by atoms with van der Waals surface area (Å²) < 4.78 is 2.13. The second kappa shape index (κ2) is 6.99. The van der Waals surface area contributed by atoms with Gasteiger partial charge in [-0.2, -0.15) is 0 Å². The molecule has 1 aromatic carbocycles.